The average molecular weight is 438 g/mol. The number of benzene rings is 2. The van der Waals surface area contributed by atoms with Crippen LogP contribution in [0.3, 0.4) is 0 Å². The van der Waals surface area contributed by atoms with Gasteiger partial charge in [-0.05, 0) is 74.9 Å². The monoisotopic (exact) mass is 437 g/mol. The SMILES string of the molecule is Cc1cccc(C(=O)NC(C(=O)NC2CC2)C2CCN(C(=O)c3ccc(F)cc3)CC2)c1. The Morgan fingerprint density at radius 3 is 2.28 bits per heavy atom. The standard InChI is InChI=1S/C25H28FN3O3/c1-16-3-2-4-19(15-16)23(30)28-22(24(31)27-21-9-10-21)17-11-13-29(14-12-17)25(32)18-5-7-20(26)8-6-18/h2-8,15,17,21-22H,9-14H2,1H3,(H,27,31)(H,28,30). The molecule has 1 aliphatic heterocycles. The Bertz CT molecular complexity index is 996. The Kier molecular flexibility index (Phi) is 6.53. The summed E-state index contributed by atoms with van der Waals surface area (Å²) in [5.41, 5.74) is 1.95. The average Bonchev–Trinajstić information content (AvgIpc) is 3.61. The van der Waals surface area contributed by atoms with Gasteiger partial charge in [0.05, 0.1) is 0 Å². The van der Waals surface area contributed by atoms with Crippen LogP contribution in [0.4, 0.5) is 4.39 Å². The number of aryl methyl sites for hydroxylation is 1. The van der Waals surface area contributed by atoms with E-state index in [0.29, 0.717) is 37.1 Å². The van der Waals surface area contributed by atoms with Gasteiger partial charge in [-0.3, -0.25) is 14.4 Å². The van der Waals surface area contributed by atoms with E-state index in [0.717, 1.165) is 18.4 Å². The van der Waals surface area contributed by atoms with E-state index in [9.17, 15) is 18.8 Å². The predicted molar refractivity (Wildman–Crippen MR) is 119 cm³/mol. The van der Waals surface area contributed by atoms with Crippen LogP contribution in [0.1, 0.15) is 52.0 Å². The van der Waals surface area contributed by atoms with Crippen molar-refractivity contribution in [1.29, 1.82) is 0 Å². The van der Waals surface area contributed by atoms with E-state index in [1.165, 1.54) is 24.3 Å². The number of halogens is 1. The molecule has 1 saturated carbocycles. The molecule has 4 rings (SSSR count). The van der Waals surface area contributed by atoms with Crippen molar-refractivity contribution in [2.24, 2.45) is 5.92 Å². The molecule has 0 spiro atoms. The van der Waals surface area contributed by atoms with Gasteiger partial charge >= 0.3 is 0 Å². The number of hydrogen-bond acceptors (Lipinski definition) is 3. The molecule has 0 aromatic heterocycles. The third-order valence-corrected chi connectivity index (χ3v) is 6.16. The number of carbonyl (C=O) groups excluding carboxylic acids is 3. The zero-order chi connectivity index (χ0) is 22.7. The van der Waals surface area contributed by atoms with Crippen molar-refractivity contribution in [3.63, 3.8) is 0 Å². The minimum absolute atomic E-state index is 0.0697. The zero-order valence-corrected chi connectivity index (χ0v) is 18.1. The number of nitrogens with one attached hydrogen (secondary N) is 2. The smallest absolute Gasteiger partial charge is 0.253 e. The van der Waals surface area contributed by atoms with Crippen LogP contribution in [0.2, 0.25) is 0 Å². The molecule has 0 bridgehead atoms. The normalized spacial score (nSPS) is 17.5. The lowest BCUT2D eigenvalue weighted by molar-refractivity contribution is -0.124. The summed E-state index contributed by atoms with van der Waals surface area (Å²) in [4.78, 5) is 40.3. The second-order valence-electron chi connectivity index (χ2n) is 8.74. The molecule has 2 fully saturated rings. The second-order valence-corrected chi connectivity index (χ2v) is 8.74. The number of carbonyl (C=O) groups is 3. The number of nitrogens with zero attached hydrogens (tertiary/aromatic N) is 1. The van der Waals surface area contributed by atoms with E-state index >= 15 is 0 Å². The maximum absolute atomic E-state index is 13.2. The summed E-state index contributed by atoms with van der Waals surface area (Å²) in [7, 11) is 0. The first kappa shape index (κ1) is 22.0. The van der Waals surface area contributed by atoms with Crippen LogP contribution in [0, 0.1) is 18.7 Å². The van der Waals surface area contributed by atoms with Gasteiger partial charge in [0.2, 0.25) is 5.91 Å². The highest BCUT2D eigenvalue weighted by Crippen LogP contribution is 2.25. The molecule has 7 heteroatoms. The fraction of sp³-hybridized carbons (Fsp3) is 0.400. The first-order valence-electron chi connectivity index (χ1n) is 11.1. The van der Waals surface area contributed by atoms with E-state index in [4.69, 9.17) is 0 Å². The minimum atomic E-state index is -0.647. The van der Waals surface area contributed by atoms with Crippen LogP contribution in [0.25, 0.3) is 0 Å². The van der Waals surface area contributed by atoms with Gasteiger partial charge in [0, 0.05) is 30.3 Å². The lowest BCUT2D eigenvalue weighted by atomic mass is 9.88. The first-order chi connectivity index (χ1) is 15.4. The van der Waals surface area contributed by atoms with Crippen LogP contribution in [-0.4, -0.2) is 47.8 Å². The summed E-state index contributed by atoms with van der Waals surface area (Å²) in [5.74, 6) is -1.02. The summed E-state index contributed by atoms with van der Waals surface area (Å²) in [6.45, 7) is 2.88. The molecule has 6 nitrogen and oxygen atoms in total. The topological polar surface area (TPSA) is 78.5 Å². The second kappa shape index (κ2) is 9.51. The van der Waals surface area contributed by atoms with E-state index in [1.54, 1.807) is 17.0 Å². The van der Waals surface area contributed by atoms with Crippen LogP contribution in [-0.2, 0) is 4.79 Å². The fourth-order valence-corrected chi connectivity index (χ4v) is 4.14. The van der Waals surface area contributed by atoms with Gasteiger partial charge in [-0.2, -0.15) is 0 Å². The molecular formula is C25H28FN3O3. The number of likely N-dealkylation sites (tertiary alicyclic amines) is 1. The molecule has 2 N–H and O–H groups in total. The Labute approximate surface area is 187 Å². The molecule has 1 heterocycles. The third kappa shape index (κ3) is 5.33. The molecule has 2 aromatic carbocycles. The van der Waals surface area contributed by atoms with Gasteiger partial charge in [-0.25, -0.2) is 4.39 Å². The summed E-state index contributed by atoms with van der Waals surface area (Å²) >= 11 is 0. The molecule has 32 heavy (non-hydrogen) atoms. The number of rotatable bonds is 6. The Balaban J connectivity index is 1.42. The lowest BCUT2D eigenvalue weighted by Gasteiger charge is -2.36. The van der Waals surface area contributed by atoms with Crippen LogP contribution in [0.5, 0.6) is 0 Å². The van der Waals surface area contributed by atoms with Crippen molar-refractivity contribution in [3.05, 3.63) is 71.0 Å². The largest absolute Gasteiger partial charge is 0.352 e. The van der Waals surface area contributed by atoms with Gasteiger partial charge in [-0.15, -0.1) is 0 Å². The first-order valence-corrected chi connectivity index (χ1v) is 11.1. The molecule has 2 aromatic rings. The van der Waals surface area contributed by atoms with Gasteiger partial charge in [-0.1, -0.05) is 17.7 Å². The van der Waals surface area contributed by atoms with Gasteiger partial charge in [0.1, 0.15) is 11.9 Å². The Morgan fingerprint density at radius 2 is 1.66 bits per heavy atom. The van der Waals surface area contributed by atoms with E-state index in [-0.39, 0.29) is 35.5 Å². The van der Waals surface area contributed by atoms with Crippen molar-refractivity contribution in [1.82, 2.24) is 15.5 Å². The van der Waals surface area contributed by atoms with Gasteiger partial charge < -0.3 is 15.5 Å². The van der Waals surface area contributed by atoms with Crippen molar-refractivity contribution >= 4 is 17.7 Å². The van der Waals surface area contributed by atoms with Crippen molar-refractivity contribution in [3.8, 4) is 0 Å². The number of hydrogen-bond donors (Lipinski definition) is 2. The number of piperidine rings is 1. The van der Waals surface area contributed by atoms with E-state index in [1.807, 2.05) is 19.1 Å². The Morgan fingerprint density at radius 1 is 0.969 bits per heavy atom. The molecule has 2 aliphatic rings. The third-order valence-electron chi connectivity index (χ3n) is 6.16. The van der Waals surface area contributed by atoms with Crippen LogP contribution >= 0.6 is 0 Å². The van der Waals surface area contributed by atoms with Crippen LogP contribution in [0.15, 0.2) is 48.5 Å². The highest BCUT2D eigenvalue weighted by Gasteiger charge is 2.36. The zero-order valence-electron chi connectivity index (χ0n) is 18.1. The predicted octanol–water partition coefficient (Wildman–Crippen LogP) is 3.06. The molecule has 1 aliphatic carbocycles. The van der Waals surface area contributed by atoms with Crippen molar-refractivity contribution in [2.45, 2.75) is 44.7 Å². The Hall–Kier alpha value is -3.22. The molecule has 168 valence electrons. The van der Waals surface area contributed by atoms with E-state index < -0.39 is 6.04 Å². The highest BCUT2D eigenvalue weighted by atomic mass is 19.1. The molecule has 3 amide bonds. The maximum Gasteiger partial charge on any atom is 0.253 e. The summed E-state index contributed by atoms with van der Waals surface area (Å²) in [5, 5.41) is 5.96. The minimum Gasteiger partial charge on any atom is -0.352 e. The van der Waals surface area contributed by atoms with E-state index in [2.05, 4.69) is 10.6 Å². The molecule has 1 unspecified atom stereocenters. The molecular weight excluding hydrogens is 409 g/mol. The molecule has 0 radical (unpaired) electrons. The highest BCUT2D eigenvalue weighted by molar-refractivity contribution is 5.98. The van der Waals surface area contributed by atoms with Crippen LogP contribution < -0.4 is 10.6 Å². The van der Waals surface area contributed by atoms with Crippen molar-refractivity contribution < 1.29 is 18.8 Å². The summed E-state index contributed by atoms with van der Waals surface area (Å²) in [6.07, 6.45) is 3.14. The lowest BCUT2D eigenvalue weighted by Crippen LogP contribution is -2.54. The van der Waals surface area contributed by atoms with Gasteiger partial charge in [0.15, 0.2) is 0 Å². The fourth-order valence-electron chi connectivity index (χ4n) is 4.14. The summed E-state index contributed by atoms with van der Waals surface area (Å²) < 4.78 is 13.2. The molecule has 1 atom stereocenters. The number of amides is 3. The molecule has 1 saturated heterocycles. The summed E-state index contributed by atoms with van der Waals surface area (Å²) in [6, 6.07) is 12.4. The van der Waals surface area contributed by atoms with Crippen molar-refractivity contribution in [2.75, 3.05) is 13.1 Å². The quantitative estimate of drug-likeness (QED) is 0.729. The maximum atomic E-state index is 13.2. The van der Waals surface area contributed by atoms with Gasteiger partial charge in [0.25, 0.3) is 11.8 Å².